The minimum Gasteiger partial charge on any atom is -0.483 e. The van der Waals surface area contributed by atoms with E-state index >= 15 is 0 Å². The molecule has 0 spiro atoms. The molecule has 0 aliphatic rings. The second kappa shape index (κ2) is 8.53. The summed E-state index contributed by atoms with van der Waals surface area (Å²) in [6.07, 6.45) is -4.40. The number of carbonyl (C=O) groups is 3. The van der Waals surface area contributed by atoms with Gasteiger partial charge in [0, 0.05) is 11.4 Å². The molecule has 24 heavy (non-hydrogen) atoms. The van der Waals surface area contributed by atoms with Gasteiger partial charge in [-0.2, -0.15) is 13.2 Å². The number of rotatable bonds is 6. The summed E-state index contributed by atoms with van der Waals surface area (Å²) in [7, 11) is 0. The van der Waals surface area contributed by atoms with Gasteiger partial charge in [0.2, 0.25) is 0 Å². The summed E-state index contributed by atoms with van der Waals surface area (Å²) >= 11 is 5.79. The van der Waals surface area contributed by atoms with Crippen LogP contribution in [0.4, 0.5) is 18.0 Å². The van der Waals surface area contributed by atoms with Crippen LogP contribution in [0.25, 0.3) is 0 Å². The Labute approximate surface area is 140 Å². The van der Waals surface area contributed by atoms with Gasteiger partial charge in [0.05, 0.1) is 5.56 Å². The van der Waals surface area contributed by atoms with Gasteiger partial charge in [-0.25, -0.2) is 4.79 Å². The van der Waals surface area contributed by atoms with E-state index in [1.807, 2.05) is 0 Å². The fourth-order valence-corrected chi connectivity index (χ4v) is 1.74. The highest BCUT2D eigenvalue weighted by molar-refractivity contribution is 6.31. The number of halogens is 4. The number of carbonyl (C=O) groups excluding carboxylic acids is 3. The summed E-state index contributed by atoms with van der Waals surface area (Å²) in [5, 5.41) is 3.45. The minimum absolute atomic E-state index is 0.0806. The van der Waals surface area contributed by atoms with Gasteiger partial charge in [-0.1, -0.05) is 18.5 Å². The van der Waals surface area contributed by atoms with Gasteiger partial charge in [-0.3, -0.25) is 14.9 Å². The van der Waals surface area contributed by atoms with Crippen molar-refractivity contribution < 1.29 is 32.3 Å². The minimum atomic E-state index is -4.59. The maximum absolute atomic E-state index is 11.9. The van der Waals surface area contributed by atoms with Gasteiger partial charge >= 0.3 is 12.2 Å². The number of amides is 3. The molecule has 0 aliphatic heterocycles. The van der Waals surface area contributed by atoms with Crippen LogP contribution in [0.15, 0.2) is 18.2 Å². The van der Waals surface area contributed by atoms with E-state index in [1.54, 1.807) is 12.2 Å². The lowest BCUT2D eigenvalue weighted by atomic mass is 10.1. The Kier molecular flexibility index (Phi) is 7.02. The second-order valence-electron chi connectivity index (χ2n) is 4.55. The molecule has 1 rings (SSSR count). The number of Topliss-reactive ketones (excluding diaryl/α,β-unsaturated/α-hetero) is 1. The number of urea groups is 1. The molecule has 0 fully saturated rings. The third kappa shape index (κ3) is 6.86. The van der Waals surface area contributed by atoms with E-state index in [9.17, 15) is 27.6 Å². The molecular formula is C14H14ClF3N2O4. The first-order valence-corrected chi connectivity index (χ1v) is 7.10. The maximum atomic E-state index is 11.9. The van der Waals surface area contributed by atoms with Crippen LogP contribution in [-0.2, 0) is 4.79 Å². The van der Waals surface area contributed by atoms with Gasteiger partial charge in [-0.05, 0) is 18.2 Å². The third-order valence-electron chi connectivity index (χ3n) is 2.62. The third-order valence-corrected chi connectivity index (χ3v) is 2.86. The first kappa shape index (κ1) is 19.8. The molecule has 0 bridgehead atoms. The summed E-state index contributed by atoms with van der Waals surface area (Å²) in [5.41, 5.74) is 0.166. The molecule has 0 saturated carbocycles. The average Bonchev–Trinajstić information content (AvgIpc) is 2.50. The lowest BCUT2D eigenvalue weighted by Crippen LogP contribution is -2.44. The number of alkyl halides is 3. The van der Waals surface area contributed by atoms with Crippen LogP contribution >= 0.6 is 11.6 Å². The Balaban J connectivity index is 2.59. The summed E-state index contributed by atoms with van der Waals surface area (Å²) in [4.78, 5) is 34.4. The predicted molar refractivity (Wildman–Crippen MR) is 79.2 cm³/mol. The van der Waals surface area contributed by atoms with E-state index in [0.717, 1.165) is 0 Å². The highest BCUT2D eigenvalue weighted by Crippen LogP contribution is 2.24. The van der Waals surface area contributed by atoms with Crippen molar-refractivity contribution in [2.75, 3.05) is 13.2 Å². The summed E-state index contributed by atoms with van der Waals surface area (Å²) < 4.78 is 40.9. The molecule has 0 aliphatic carbocycles. The van der Waals surface area contributed by atoms with E-state index < -0.39 is 31.3 Å². The number of benzene rings is 1. The maximum Gasteiger partial charge on any atom is 0.405 e. The average molecular weight is 367 g/mol. The van der Waals surface area contributed by atoms with Crippen molar-refractivity contribution in [3.8, 4) is 5.75 Å². The van der Waals surface area contributed by atoms with Crippen LogP contribution in [0.3, 0.4) is 0 Å². The van der Waals surface area contributed by atoms with Crippen LogP contribution in [-0.4, -0.2) is 37.0 Å². The molecule has 0 saturated heterocycles. The SMILES string of the molecule is CCC(=O)c1cc(Cl)ccc1OCC(=O)NC(=O)NCC(F)(F)F. The van der Waals surface area contributed by atoms with E-state index in [-0.39, 0.29) is 23.5 Å². The standard InChI is InChI=1S/C14H14ClF3N2O4/c1-2-10(21)9-5-8(15)3-4-11(9)24-6-12(22)20-13(23)19-7-14(16,17)18/h3-5H,2,6-7H2,1H3,(H2,19,20,22,23). The fourth-order valence-electron chi connectivity index (χ4n) is 1.57. The van der Waals surface area contributed by atoms with Crippen molar-refractivity contribution in [3.63, 3.8) is 0 Å². The van der Waals surface area contributed by atoms with Crippen LogP contribution in [0.1, 0.15) is 23.7 Å². The summed E-state index contributed by atoms with van der Waals surface area (Å²) in [5.74, 6) is -1.16. The van der Waals surface area contributed by atoms with Crippen molar-refractivity contribution in [1.82, 2.24) is 10.6 Å². The van der Waals surface area contributed by atoms with E-state index in [0.29, 0.717) is 5.02 Å². The van der Waals surface area contributed by atoms with Crippen molar-refractivity contribution in [2.24, 2.45) is 0 Å². The highest BCUT2D eigenvalue weighted by atomic mass is 35.5. The van der Waals surface area contributed by atoms with Crippen LogP contribution in [0.5, 0.6) is 5.75 Å². The second-order valence-corrected chi connectivity index (χ2v) is 4.99. The molecule has 6 nitrogen and oxygen atoms in total. The first-order chi connectivity index (χ1) is 11.1. The smallest absolute Gasteiger partial charge is 0.405 e. The van der Waals surface area contributed by atoms with Crippen LogP contribution in [0.2, 0.25) is 5.02 Å². The van der Waals surface area contributed by atoms with Gasteiger partial charge in [0.1, 0.15) is 12.3 Å². The fraction of sp³-hybridized carbons (Fsp3) is 0.357. The molecule has 1 aromatic carbocycles. The lowest BCUT2D eigenvalue weighted by Gasteiger charge is -2.11. The van der Waals surface area contributed by atoms with Gasteiger partial charge in [-0.15, -0.1) is 0 Å². The number of hydrogen-bond acceptors (Lipinski definition) is 4. The van der Waals surface area contributed by atoms with Crippen LogP contribution < -0.4 is 15.4 Å². The Morgan fingerprint density at radius 1 is 1.25 bits per heavy atom. The molecule has 2 N–H and O–H groups in total. The molecule has 10 heteroatoms. The molecule has 132 valence electrons. The van der Waals surface area contributed by atoms with E-state index in [2.05, 4.69) is 0 Å². The van der Waals surface area contributed by atoms with E-state index in [4.69, 9.17) is 16.3 Å². The van der Waals surface area contributed by atoms with Gasteiger partial charge in [0.15, 0.2) is 12.4 Å². The number of nitrogens with one attached hydrogen (secondary N) is 2. The lowest BCUT2D eigenvalue weighted by molar-refractivity contribution is -0.125. The van der Waals surface area contributed by atoms with Gasteiger partial charge < -0.3 is 10.1 Å². The Hall–Kier alpha value is -2.29. The molecule has 0 radical (unpaired) electrons. The molecular weight excluding hydrogens is 353 g/mol. The zero-order valence-electron chi connectivity index (χ0n) is 12.5. The van der Waals surface area contributed by atoms with E-state index in [1.165, 1.54) is 23.5 Å². The zero-order valence-corrected chi connectivity index (χ0v) is 13.3. The van der Waals surface area contributed by atoms with Crippen molar-refractivity contribution in [1.29, 1.82) is 0 Å². The summed E-state index contributed by atoms with van der Waals surface area (Å²) in [6, 6.07) is 2.89. The number of ether oxygens (including phenoxy) is 1. The normalized spacial score (nSPS) is 10.9. The zero-order chi connectivity index (χ0) is 18.3. The van der Waals surface area contributed by atoms with Crippen molar-refractivity contribution in [3.05, 3.63) is 28.8 Å². The van der Waals surface area contributed by atoms with Gasteiger partial charge in [0.25, 0.3) is 5.91 Å². The highest BCUT2D eigenvalue weighted by Gasteiger charge is 2.28. The monoisotopic (exact) mass is 366 g/mol. The molecule has 3 amide bonds. The molecule has 0 unspecified atom stereocenters. The Bertz CT molecular complexity index is 635. The Morgan fingerprint density at radius 3 is 2.50 bits per heavy atom. The number of imide groups is 1. The molecule has 0 heterocycles. The summed E-state index contributed by atoms with van der Waals surface area (Å²) in [6.45, 7) is -0.602. The molecule has 1 aromatic rings. The van der Waals surface area contributed by atoms with Crippen molar-refractivity contribution >= 4 is 29.3 Å². The quantitative estimate of drug-likeness (QED) is 0.758. The molecule has 0 atom stereocenters. The van der Waals surface area contributed by atoms with Crippen LogP contribution in [0, 0.1) is 0 Å². The number of ketones is 1. The first-order valence-electron chi connectivity index (χ1n) is 6.72. The predicted octanol–water partition coefficient (Wildman–Crippen LogP) is 2.70. The molecule has 0 aromatic heterocycles. The Morgan fingerprint density at radius 2 is 1.92 bits per heavy atom. The van der Waals surface area contributed by atoms with Crippen molar-refractivity contribution in [2.45, 2.75) is 19.5 Å². The topological polar surface area (TPSA) is 84.5 Å². The number of hydrogen-bond donors (Lipinski definition) is 2. The largest absolute Gasteiger partial charge is 0.483 e.